The lowest BCUT2D eigenvalue weighted by molar-refractivity contribution is -0.139. The minimum absolute atomic E-state index is 0.00330. The van der Waals surface area contributed by atoms with Gasteiger partial charge >= 0.3 is 5.97 Å². The molecule has 0 amide bonds. The van der Waals surface area contributed by atoms with Crippen molar-refractivity contribution in [3.8, 4) is 0 Å². The Hall–Kier alpha value is -1.73. The van der Waals surface area contributed by atoms with Crippen LogP contribution in [0.15, 0.2) is 41.3 Å². The maximum Gasteiger partial charge on any atom is 0.326 e. The van der Waals surface area contributed by atoms with Crippen LogP contribution in [-0.4, -0.2) is 36.4 Å². The van der Waals surface area contributed by atoms with Gasteiger partial charge in [-0.1, -0.05) is 12.2 Å². The summed E-state index contributed by atoms with van der Waals surface area (Å²) in [6.07, 6.45) is 2.78. The molecule has 1 heterocycles. The summed E-state index contributed by atoms with van der Waals surface area (Å²) in [5.74, 6) is -1.79. The first-order chi connectivity index (χ1) is 8.43. The molecule has 0 saturated heterocycles. The molecule has 2 rings (SSSR count). The van der Waals surface area contributed by atoms with Gasteiger partial charge < -0.3 is 5.11 Å². The van der Waals surface area contributed by atoms with Gasteiger partial charge in [0.1, 0.15) is 11.9 Å². The molecule has 0 spiro atoms. The molecule has 0 fully saturated rings. The molecule has 7 heteroatoms. The van der Waals surface area contributed by atoms with Crippen LogP contribution in [0.25, 0.3) is 0 Å². The van der Waals surface area contributed by atoms with E-state index in [1.807, 2.05) is 0 Å². The molecule has 0 bridgehead atoms. The van der Waals surface area contributed by atoms with Gasteiger partial charge in [-0.2, -0.15) is 4.31 Å². The molecule has 1 aromatic rings. The topological polar surface area (TPSA) is 74.7 Å². The van der Waals surface area contributed by atoms with E-state index in [9.17, 15) is 17.6 Å². The number of halogens is 1. The summed E-state index contributed by atoms with van der Waals surface area (Å²) in [5, 5.41) is 8.92. The molecular formula is C11H10FNO4S. The van der Waals surface area contributed by atoms with Gasteiger partial charge in [-0.15, -0.1) is 0 Å². The first-order valence-electron chi connectivity index (χ1n) is 5.10. The first-order valence-corrected chi connectivity index (χ1v) is 6.54. The van der Waals surface area contributed by atoms with Gasteiger partial charge in [-0.25, -0.2) is 12.8 Å². The number of carbonyl (C=O) groups is 1. The standard InChI is InChI=1S/C11H10FNO4S/c12-8-3-5-9(6-4-8)18(16,17)13-7-1-2-10(13)11(14)15/h1-6,10H,7H2,(H,14,15)/t10-/m0/s1. The van der Waals surface area contributed by atoms with E-state index in [-0.39, 0.29) is 11.4 Å². The zero-order chi connectivity index (χ0) is 13.3. The predicted octanol–water partition coefficient (Wildman–Crippen LogP) is 0.839. The van der Waals surface area contributed by atoms with Crippen LogP contribution in [0, 0.1) is 5.82 Å². The van der Waals surface area contributed by atoms with E-state index in [1.54, 1.807) is 0 Å². The minimum Gasteiger partial charge on any atom is -0.480 e. The van der Waals surface area contributed by atoms with Gasteiger partial charge in [0.15, 0.2) is 0 Å². The summed E-state index contributed by atoms with van der Waals surface area (Å²) >= 11 is 0. The van der Waals surface area contributed by atoms with Gasteiger partial charge in [0.25, 0.3) is 0 Å². The summed E-state index contributed by atoms with van der Waals surface area (Å²) in [5.41, 5.74) is 0. The zero-order valence-corrected chi connectivity index (χ0v) is 9.97. The highest BCUT2D eigenvalue weighted by Crippen LogP contribution is 2.22. The second kappa shape index (κ2) is 4.51. The van der Waals surface area contributed by atoms with E-state index >= 15 is 0 Å². The summed E-state index contributed by atoms with van der Waals surface area (Å²) in [7, 11) is -3.93. The van der Waals surface area contributed by atoms with E-state index in [2.05, 4.69) is 0 Å². The molecule has 0 aliphatic carbocycles. The Kier molecular flexibility index (Phi) is 3.18. The molecule has 1 atom stereocenters. The number of hydrogen-bond acceptors (Lipinski definition) is 3. The molecule has 0 aromatic heterocycles. The van der Waals surface area contributed by atoms with Gasteiger partial charge in [0.05, 0.1) is 4.90 Å². The second-order valence-electron chi connectivity index (χ2n) is 3.74. The molecule has 5 nitrogen and oxygen atoms in total. The fourth-order valence-corrected chi connectivity index (χ4v) is 3.19. The summed E-state index contributed by atoms with van der Waals surface area (Å²) in [6.45, 7) is -0.00330. The third-order valence-corrected chi connectivity index (χ3v) is 4.45. The van der Waals surface area contributed by atoms with Crippen molar-refractivity contribution >= 4 is 16.0 Å². The van der Waals surface area contributed by atoms with Crippen LogP contribution in [0.2, 0.25) is 0 Å². The van der Waals surface area contributed by atoms with Crippen molar-refractivity contribution in [1.82, 2.24) is 4.31 Å². The van der Waals surface area contributed by atoms with Crippen molar-refractivity contribution in [3.05, 3.63) is 42.2 Å². The molecule has 1 N–H and O–H groups in total. The molecule has 0 radical (unpaired) electrons. The Labute approximate surface area is 103 Å². The lowest BCUT2D eigenvalue weighted by Crippen LogP contribution is -2.40. The maximum absolute atomic E-state index is 12.7. The van der Waals surface area contributed by atoms with Gasteiger partial charge in [0, 0.05) is 6.54 Å². The Balaban J connectivity index is 2.37. The highest BCUT2D eigenvalue weighted by atomic mass is 32.2. The summed E-state index contributed by atoms with van der Waals surface area (Å²) in [6, 6.07) is 3.06. The SMILES string of the molecule is O=C(O)[C@@H]1C=CCN1S(=O)(=O)c1ccc(F)cc1. The summed E-state index contributed by atoms with van der Waals surface area (Å²) in [4.78, 5) is 10.8. The van der Waals surface area contributed by atoms with Gasteiger partial charge in [-0.05, 0) is 24.3 Å². The third-order valence-electron chi connectivity index (χ3n) is 2.59. The molecule has 0 saturated carbocycles. The van der Waals surface area contributed by atoms with Crippen molar-refractivity contribution < 1.29 is 22.7 Å². The highest BCUT2D eigenvalue weighted by molar-refractivity contribution is 7.89. The molecule has 0 unspecified atom stereocenters. The number of benzene rings is 1. The van der Waals surface area contributed by atoms with Crippen LogP contribution >= 0.6 is 0 Å². The van der Waals surface area contributed by atoms with Crippen LogP contribution < -0.4 is 0 Å². The summed E-state index contributed by atoms with van der Waals surface area (Å²) < 4.78 is 37.9. The van der Waals surface area contributed by atoms with E-state index < -0.39 is 27.9 Å². The molecular weight excluding hydrogens is 261 g/mol. The minimum atomic E-state index is -3.93. The average molecular weight is 271 g/mol. The second-order valence-corrected chi connectivity index (χ2v) is 5.63. The first kappa shape index (κ1) is 12.7. The Bertz CT molecular complexity index is 594. The lowest BCUT2D eigenvalue weighted by Gasteiger charge is -2.20. The molecule has 18 heavy (non-hydrogen) atoms. The smallest absolute Gasteiger partial charge is 0.326 e. The number of hydrogen-bond donors (Lipinski definition) is 1. The van der Waals surface area contributed by atoms with Crippen LogP contribution in [0.1, 0.15) is 0 Å². The maximum atomic E-state index is 12.7. The fraction of sp³-hybridized carbons (Fsp3) is 0.182. The quantitative estimate of drug-likeness (QED) is 0.827. The zero-order valence-electron chi connectivity index (χ0n) is 9.15. The number of nitrogens with zero attached hydrogens (tertiary/aromatic N) is 1. The van der Waals surface area contributed by atoms with E-state index in [1.165, 1.54) is 12.2 Å². The lowest BCUT2D eigenvalue weighted by atomic mass is 10.3. The van der Waals surface area contributed by atoms with Crippen LogP contribution in [0.3, 0.4) is 0 Å². The van der Waals surface area contributed by atoms with E-state index in [4.69, 9.17) is 5.11 Å². The molecule has 96 valence electrons. The van der Waals surface area contributed by atoms with E-state index in [0.717, 1.165) is 28.6 Å². The van der Waals surface area contributed by atoms with Crippen molar-refractivity contribution in [2.75, 3.05) is 6.54 Å². The van der Waals surface area contributed by atoms with Crippen molar-refractivity contribution in [1.29, 1.82) is 0 Å². The number of carboxylic acids is 1. The normalized spacial score (nSPS) is 20.2. The predicted molar refractivity (Wildman–Crippen MR) is 60.9 cm³/mol. The Morgan fingerprint density at radius 1 is 1.33 bits per heavy atom. The number of carboxylic acid groups (broad SMARTS) is 1. The Morgan fingerprint density at radius 2 is 1.94 bits per heavy atom. The van der Waals surface area contributed by atoms with Crippen molar-refractivity contribution in [2.24, 2.45) is 0 Å². The van der Waals surface area contributed by atoms with Gasteiger partial charge in [0.2, 0.25) is 10.0 Å². The molecule has 1 aromatic carbocycles. The number of sulfonamides is 1. The number of aliphatic carboxylic acids is 1. The molecule has 1 aliphatic rings. The largest absolute Gasteiger partial charge is 0.480 e. The number of rotatable bonds is 3. The van der Waals surface area contributed by atoms with E-state index in [0.29, 0.717) is 0 Å². The average Bonchev–Trinajstić information content (AvgIpc) is 2.79. The van der Waals surface area contributed by atoms with Gasteiger partial charge in [-0.3, -0.25) is 4.79 Å². The highest BCUT2D eigenvalue weighted by Gasteiger charge is 2.36. The third kappa shape index (κ3) is 2.14. The van der Waals surface area contributed by atoms with Crippen LogP contribution in [0.5, 0.6) is 0 Å². The molecule has 1 aliphatic heterocycles. The monoisotopic (exact) mass is 271 g/mol. The fourth-order valence-electron chi connectivity index (χ4n) is 1.70. The van der Waals surface area contributed by atoms with Crippen molar-refractivity contribution in [3.63, 3.8) is 0 Å². The van der Waals surface area contributed by atoms with Crippen LogP contribution in [0.4, 0.5) is 4.39 Å². The van der Waals surface area contributed by atoms with Crippen LogP contribution in [-0.2, 0) is 14.8 Å². The Morgan fingerprint density at radius 3 is 2.50 bits per heavy atom. The van der Waals surface area contributed by atoms with Crippen molar-refractivity contribution in [2.45, 2.75) is 10.9 Å².